The Bertz CT molecular complexity index is 2110. The van der Waals surface area contributed by atoms with Crippen LogP contribution in [0, 0.1) is 23.0 Å². The van der Waals surface area contributed by atoms with E-state index in [4.69, 9.17) is 10.7 Å². The molecule has 3 N–H and O–H groups in total. The van der Waals surface area contributed by atoms with Crippen LogP contribution in [0.1, 0.15) is 36.1 Å². The maximum Gasteiger partial charge on any atom is 0.142 e. The highest BCUT2D eigenvalue weighted by atomic mass is 19.1. The monoisotopic (exact) mass is 644 g/mol. The summed E-state index contributed by atoms with van der Waals surface area (Å²) in [4.78, 5) is 7.08. The van der Waals surface area contributed by atoms with Gasteiger partial charge in [-0.2, -0.15) is 5.26 Å². The number of piperidine rings is 1. The first kappa shape index (κ1) is 31.0. The normalized spacial score (nSPS) is 13.7. The van der Waals surface area contributed by atoms with Gasteiger partial charge in [0.2, 0.25) is 0 Å². The molecule has 0 radical (unpaired) electrons. The minimum atomic E-state index is -0.685. The van der Waals surface area contributed by atoms with Crippen LogP contribution < -0.4 is 10.6 Å². The molecule has 3 aromatic heterocycles. The highest BCUT2D eigenvalue weighted by Gasteiger charge is 2.27. The van der Waals surface area contributed by atoms with E-state index in [1.54, 1.807) is 30.6 Å². The summed E-state index contributed by atoms with van der Waals surface area (Å²) >= 11 is 0. The molecule has 0 amide bonds. The number of pyridine rings is 1. The van der Waals surface area contributed by atoms with E-state index in [0.717, 1.165) is 47.7 Å². The van der Waals surface area contributed by atoms with Crippen molar-refractivity contribution in [1.29, 1.82) is 5.26 Å². The molecule has 11 heteroatoms. The van der Waals surface area contributed by atoms with E-state index in [2.05, 4.69) is 33.4 Å². The number of aromatic hydroxyl groups is 1. The Morgan fingerprint density at radius 3 is 2.46 bits per heavy atom. The van der Waals surface area contributed by atoms with Crippen LogP contribution >= 0.6 is 0 Å². The quantitative estimate of drug-likeness (QED) is 0.186. The molecule has 1 fully saturated rings. The number of para-hydroxylation sites is 1. The summed E-state index contributed by atoms with van der Waals surface area (Å²) in [5, 5.41) is 30.2. The van der Waals surface area contributed by atoms with Crippen LogP contribution in [0.2, 0.25) is 0 Å². The van der Waals surface area contributed by atoms with Crippen LogP contribution in [0.5, 0.6) is 5.75 Å². The van der Waals surface area contributed by atoms with Gasteiger partial charge in [-0.05, 0) is 55.0 Å². The fraction of sp³-hybridized carbons (Fsp3) is 0.243. The number of aryl methyl sites for hydroxylation is 2. The smallest absolute Gasteiger partial charge is 0.142 e. The molecular weight excluding hydrogens is 610 g/mol. The van der Waals surface area contributed by atoms with Crippen LogP contribution in [0.15, 0.2) is 85.3 Å². The number of hydrogen-bond acceptors (Lipinski definition) is 7. The number of fused-ring (bicyclic) bond motifs is 1. The molecule has 9 nitrogen and oxygen atoms in total. The predicted octanol–water partition coefficient (Wildman–Crippen LogP) is 6.43. The molecule has 0 unspecified atom stereocenters. The van der Waals surface area contributed by atoms with Crippen molar-refractivity contribution in [2.45, 2.75) is 44.8 Å². The number of phenols is 1. The number of phenolic OH excluding ortho intramolecular Hbond substituents is 1. The van der Waals surface area contributed by atoms with Crippen molar-refractivity contribution in [3.63, 3.8) is 0 Å². The van der Waals surface area contributed by atoms with Crippen molar-refractivity contribution < 1.29 is 13.9 Å². The molecule has 0 spiro atoms. The number of nitrogens with two attached hydrogens (primary N) is 1. The maximum atomic E-state index is 14.6. The first-order valence-electron chi connectivity index (χ1n) is 16.0. The van der Waals surface area contributed by atoms with Crippen LogP contribution in [0.3, 0.4) is 0 Å². The zero-order valence-corrected chi connectivity index (χ0v) is 26.2. The van der Waals surface area contributed by atoms with E-state index in [-0.39, 0.29) is 17.4 Å². The molecule has 1 aliphatic rings. The zero-order chi connectivity index (χ0) is 33.2. The second-order valence-corrected chi connectivity index (χ2v) is 12.2. The lowest BCUT2D eigenvalue weighted by Crippen LogP contribution is -2.40. The van der Waals surface area contributed by atoms with E-state index in [1.807, 2.05) is 33.6 Å². The molecule has 4 heterocycles. The van der Waals surface area contributed by atoms with Gasteiger partial charge in [0.1, 0.15) is 29.1 Å². The molecule has 0 bridgehead atoms. The average Bonchev–Trinajstić information content (AvgIpc) is 3.69. The molecule has 48 heavy (non-hydrogen) atoms. The fourth-order valence-corrected chi connectivity index (χ4v) is 6.63. The number of nitrogens with zero attached hydrogens (tertiary/aromatic N) is 7. The summed E-state index contributed by atoms with van der Waals surface area (Å²) in [6.07, 6.45) is 8.35. The Labute approximate surface area is 276 Å². The molecule has 0 saturated carbocycles. The van der Waals surface area contributed by atoms with Crippen LogP contribution in [-0.2, 0) is 19.5 Å². The number of halogens is 2. The van der Waals surface area contributed by atoms with E-state index >= 15 is 0 Å². The van der Waals surface area contributed by atoms with Crippen molar-refractivity contribution in [3.8, 4) is 34.1 Å². The van der Waals surface area contributed by atoms with Gasteiger partial charge in [-0.25, -0.2) is 18.4 Å². The standard InChI is InChI=1S/C37H34F2N8O/c38-27-16-26(17-28(39)18-27)32-21-42-37-34(35(32)45-14-11-29(41)12-15-45)33(31-10-4-8-25(19-40)36(31)48)23-46(37)13-5-9-30-20-43-44-47(30)22-24-6-2-1-3-7-24/h1-4,6-8,10,16-18,20-21,23,29,48H,5,9,11-15,22,41H2. The summed E-state index contributed by atoms with van der Waals surface area (Å²) < 4.78 is 33.1. The Kier molecular flexibility index (Phi) is 8.57. The van der Waals surface area contributed by atoms with Crippen LogP contribution in [0.25, 0.3) is 33.3 Å². The number of rotatable bonds is 9. The average molecular weight is 645 g/mol. The topological polar surface area (TPSA) is 122 Å². The van der Waals surface area contributed by atoms with E-state index in [0.29, 0.717) is 60.5 Å². The Balaban J connectivity index is 1.34. The van der Waals surface area contributed by atoms with Gasteiger partial charge in [-0.3, -0.25) is 0 Å². The first-order valence-corrected chi connectivity index (χ1v) is 16.0. The molecule has 6 aromatic rings. The maximum absolute atomic E-state index is 14.6. The van der Waals surface area contributed by atoms with Gasteiger partial charge in [0, 0.05) is 60.8 Å². The van der Waals surface area contributed by atoms with Crippen molar-refractivity contribution >= 4 is 16.7 Å². The van der Waals surface area contributed by atoms with Gasteiger partial charge in [-0.1, -0.05) is 47.7 Å². The summed E-state index contributed by atoms with van der Waals surface area (Å²) in [7, 11) is 0. The Morgan fingerprint density at radius 2 is 1.71 bits per heavy atom. The first-order chi connectivity index (χ1) is 23.4. The molecule has 1 saturated heterocycles. The summed E-state index contributed by atoms with van der Waals surface area (Å²) in [5.41, 5.74) is 12.1. The molecule has 0 aliphatic carbocycles. The fourth-order valence-electron chi connectivity index (χ4n) is 6.63. The molecule has 242 valence electrons. The van der Waals surface area contributed by atoms with Gasteiger partial charge in [0.25, 0.3) is 0 Å². The second kappa shape index (κ2) is 13.3. The minimum Gasteiger partial charge on any atom is -0.506 e. The second-order valence-electron chi connectivity index (χ2n) is 12.2. The van der Waals surface area contributed by atoms with Gasteiger partial charge < -0.3 is 20.3 Å². The van der Waals surface area contributed by atoms with Gasteiger partial charge >= 0.3 is 0 Å². The lowest BCUT2D eigenvalue weighted by molar-refractivity contribution is 0.475. The SMILES string of the molecule is N#Cc1cccc(-c2cn(CCCc3cnnn3Cc3ccccc3)c3ncc(-c4cc(F)cc(F)c4)c(N4CCC(N)CC4)c23)c1O. The van der Waals surface area contributed by atoms with Crippen molar-refractivity contribution in [1.82, 2.24) is 24.5 Å². The Morgan fingerprint density at radius 1 is 0.938 bits per heavy atom. The van der Waals surface area contributed by atoms with E-state index in [9.17, 15) is 19.1 Å². The summed E-state index contributed by atoms with van der Waals surface area (Å²) in [6, 6.07) is 20.8. The number of benzene rings is 3. The Hall–Kier alpha value is -5.60. The van der Waals surface area contributed by atoms with Crippen LogP contribution in [-0.4, -0.2) is 48.8 Å². The van der Waals surface area contributed by atoms with Crippen molar-refractivity contribution in [2.24, 2.45) is 5.73 Å². The molecular formula is C37H34F2N8O. The largest absolute Gasteiger partial charge is 0.506 e. The number of anilines is 1. The predicted molar refractivity (Wildman–Crippen MR) is 180 cm³/mol. The van der Waals surface area contributed by atoms with Gasteiger partial charge in [0.15, 0.2) is 0 Å². The third kappa shape index (κ3) is 6.10. The lowest BCUT2D eigenvalue weighted by Gasteiger charge is -2.34. The van der Waals surface area contributed by atoms with Crippen LogP contribution in [0.4, 0.5) is 14.5 Å². The van der Waals surface area contributed by atoms with E-state index < -0.39 is 11.6 Å². The van der Waals surface area contributed by atoms with Crippen molar-refractivity contribution in [2.75, 3.05) is 18.0 Å². The summed E-state index contributed by atoms with van der Waals surface area (Å²) in [6.45, 7) is 2.47. The van der Waals surface area contributed by atoms with E-state index in [1.165, 1.54) is 12.1 Å². The third-order valence-corrected chi connectivity index (χ3v) is 9.04. The van der Waals surface area contributed by atoms with Gasteiger partial charge in [0.05, 0.1) is 35.1 Å². The number of aromatic nitrogens is 5. The molecule has 1 aliphatic heterocycles. The van der Waals surface area contributed by atoms with Crippen molar-refractivity contribution in [3.05, 3.63) is 114 Å². The number of hydrogen-bond donors (Lipinski definition) is 2. The third-order valence-electron chi connectivity index (χ3n) is 9.04. The zero-order valence-electron chi connectivity index (χ0n) is 26.2. The molecule has 7 rings (SSSR count). The minimum absolute atomic E-state index is 0.0545. The summed E-state index contributed by atoms with van der Waals surface area (Å²) in [5.74, 6) is -1.51. The highest BCUT2D eigenvalue weighted by molar-refractivity contribution is 6.08. The molecule has 0 atom stereocenters. The van der Waals surface area contributed by atoms with Gasteiger partial charge in [-0.15, -0.1) is 5.10 Å². The lowest BCUT2D eigenvalue weighted by atomic mass is 9.95. The number of nitriles is 1. The highest BCUT2D eigenvalue weighted by Crippen LogP contribution is 2.45. The molecule has 3 aromatic carbocycles.